The number of nitrogens with one attached hydrogen (secondary N) is 4. The molecule has 0 aliphatic carbocycles. The highest BCUT2D eigenvalue weighted by Crippen LogP contribution is 2.14. The van der Waals surface area contributed by atoms with E-state index >= 15 is 0 Å². The lowest BCUT2D eigenvalue weighted by Crippen LogP contribution is -2.45. The number of carbonyl (C=O) groups excluding carboxylic acids is 3. The van der Waals surface area contributed by atoms with E-state index in [1.54, 1.807) is 45.0 Å². The number of hydrogen-bond acceptors (Lipinski definition) is 5. The number of imide groups is 1. The van der Waals surface area contributed by atoms with Gasteiger partial charge in [-0.3, -0.25) is 15.4 Å². The molecule has 126 valence electrons. The first-order valence-electron chi connectivity index (χ1n) is 7.35. The Morgan fingerprint density at radius 1 is 1.09 bits per heavy atom. The van der Waals surface area contributed by atoms with Gasteiger partial charge in [-0.05, 0) is 45.0 Å². The zero-order chi connectivity index (χ0) is 17.2. The molecule has 1 aromatic carbocycles. The molecule has 0 aromatic heterocycles. The van der Waals surface area contributed by atoms with Gasteiger partial charge in [0.1, 0.15) is 6.04 Å². The fourth-order valence-corrected chi connectivity index (χ4v) is 1.68. The third kappa shape index (κ3) is 6.68. The predicted molar refractivity (Wildman–Crippen MR) is 87.4 cm³/mol. The van der Waals surface area contributed by atoms with Crippen molar-refractivity contribution in [2.75, 3.05) is 23.8 Å². The Bertz CT molecular complexity index is 545. The normalized spacial score (nSPS) is 11.1. The number of hydrogen-bond donors (Lipinski definition) is 4. The van der Waals surface area contributed by atoms with Crippen molar-refractivity contribution in [3.05, 3.63) is 24.3 Å². The van der Waals surface area contributed by atoms with E-state index in [2.05, 4.69) is 21.3 Å². The molecule has 8 nitrogen and oxygen atoms in total. The van der Waals surface area contributed by atoms with Gasteiger partial charge < -0.3 is 15.4 Å². The summed E-state index contributed by atoms with van der Waals surface area (Å²) in [5, 5.41) is 10.2. The summed E-state index contributed by atoms with van der Waals surface area (Å²) in [4.78, 5) is 34.4. The second-order valence-electron chi connectivity index (χ2n) is 4.64. The number of urea groups is 1. The summed E-state index contributed by atoms with van der Waals surface area (Å²) in [7, 11) is 0. The Balaban J connectivity index is 2.52. The van der Waals surface area contributed by atoms with Crippen LogP contribution in [0.25, 0.3) is 0 Å². The van der Waals surface area contributed by atoms with Crippen molar-refractivity contribution in [2.24, 2.45) is 0 Å². The molecule has 4 amide bonds. The Morgan fingerprint density at radius 2 is 1.70 bits per heavy atom. The molecule has 4 N–H and O–H groups in total. The number of carbonyl (C=O) groups is 3. The van der Waals surface area contributed by atoms with Gasteiger partial charge in [0.15, 0.2) is 0 Å². The molecular formula is C15H22N4O4. The van der Waals surface area contributed by atoms with Crippen LogP contribution in [0.3, 0.4) is 0 Å². The summed E-state index contributed by atoms with van der Waals surface area (Å²) >= 11 is 0. The molecule has 0 fully saturated rings. The van der Waals surface area contributed by atoms with Crippen molar-refractivity contribution >= 4 is 29.4 Å². The average molecular weight is 322 g/mol. The zero-order valence-electron chi connectivity index (χ0n) is 13.4. The summed E-state index contributed by atoms with van der Waals surface area (Å²) < 4.78 is 4.77. The lowest BCUT2D eigenvalue weighted by atomic mass is 10.2. The molecule has 23 heavy (non-hydrogen) atoms. The van der Waals surface area contributed by atoms with Crippen molar-refractivity contribution in [2.45, 2.75) is 26.8 Å². The van der Waals surface area contributed by atoms with E-state index in [-0.39, 0.29) is 0 Å². The van der Waals surface area contributed by atoms with Crippen LogP contribution in [0.15, 0.2) is 24.3 Å². The van der Waals surface area contributed by atoms with E-state index < -0.39 is 24.1 Å². The maximum absolute atomic E-state index is 11.8. The molecule has 0 spiro atoms. The summed E-state index contributed by atoms with van der Waals surface area (Å²) in [6.45, 7) is 5.86. The van der Waals surface area contributed by atoms with Gasteiger partial charge >= 0.3 is 12.1 Å². The van der Waals surface area contributed by atoms with Gasteiger partial charge in [0.05, 0.1) is 6.61 Å². The fourth-order valence-electron chi connectivity index (χ4n) is 1.68. The lowest BCUT2D eigenvalue weighted by molar-refractivity contribution is -0.120. The second-order valence-corrected chi connectivity index (χ2v) is 4.64. The number of ether oxygens (including phenoxy) is 1. The van der Waals surface area contributed by atoms with Crippen LogP contribution in [-0.4, -0.2) is 37.2 Å². The molecule has 0 aliphatic rings. The third-order valence-corrected chi connectivity index (χ3v) is 2.76. The minimum absolute atomic E-state index is 0.295. The number of benzene rings is 1. The maximum Gasteiger partial charge on any atom is 0.411 e. The van der Waals surface area contributed by atoms with E-state index in [1.165, 1.54) is 0 Å². The Morgan fingerprint density at radius 3 is 2.26 bits per heavy atom. The Hall–Kier alpha value is -2.77. The number of anilines is 2. The number of rotatable bonds is 6. The maximum atomic E-state index is 11.8. The lowest BCUT2D eigenvalue weighted by Gasteiger charge is -2.15. The molecule has 0 saturated carbocycles. The predicted octanol–water partition coefficient (Wildman–Crippen LogP) is 1.90. The van der Waals surface area contributed by atoms with Gasteiger partial charge in [0, 0.05) is 17.9 Å². The topological polar surface area (TPSA) is 109 Å². The van der Waals surface area contributed by atoms with E-state index in [0.717, 1.165) is 0 Å². The highest BCUT2D eigenvalue weighted by molar-refractivity contribution is 5.98. The van der Waals surface area contributed by atoms with Crippen LogP contribution in [0.5, 0.6) is 0 Å². The second kappa shape index (κ2) is 9.29. The van der Waals surface area contributed by atoms with Crippen molar-refractivity contribution < 1.29 is 19.1 Å². The quantitative estimate of drug-likeness (QED) is 0.639. The van der Waals surface area contributed by atoms with Gasteiger partial charge in [-0.2, -0.15) is 0 Å². The molecule has 0 aliphatic heterocycles. The molecular weight excluding hydrogens is 300 g/mol. The average Bonchev–Trinajstić information content (AvgIpc) is 2.49. The first kappa shape index (κ1) is 18.3. The molecule has 0 heterocycles. The largest absolute Gasteiger partial charge is 0.450 e. The van der Waals surface area contributed by atoms with E-state index in [9.17, 15) is 14.4 Å². The van der Waals surface area contributed by atoms with Crippen molar-refractivity contribution in [1.82, 2.24) is 10.6 Å². The van der Waals surface area contributed by atoms with Crippen LogP contribution < -0.4 is 21.3 Å². The summed E-state index contributed by atoms with van der Waals surface area (Å²) in [5.74, 6) is -0.440. The SMILES string of the molecule is CCNC(=O)NC(=O)[C@H](C)Nc1ccc(NC(=O)OCC)cc1. The molecule has 1 aromatic rings. The van der Waals surface area contributed by atoms with Crippen molar-refractivity contribution in [3.8, 4) is 0 Å². The van der Waals surface area contributed by atoms with Gasteiger partial charge in [-0.1, -0.05) is 0 Å². The highest BCUT2D eigenvalue weighted by atomic mass is 16.5. The van der Waals surface area contributed by atoms with Gasteiger partial charge in [-0.15, -0.1) is 0 Å². The third-order valence-electron chi connectivity index (χ3n) is 2.76. The van der Waals surface area contributed by atoms with Gasteiger partial charge in [-0.25, -0.2) is 9.59 Å². The first-order chi connectivity index (χ1) is 11.0. The minimum Gasteiger partial charge on any atom is -0.450 e. The highest BCUT2D eigenvalue weighted by Gasteiger charge is 2.15. The summed E-state index contributed by atoms with van der Waals surface area (Å²) in [6.07, 6.45) is -0.525. The standard InChI is InChI=1S/C15H22N4O4/c1-4-16-14(21)19-13(20)10(3)17-11-6-8-12(9-7-11)18-15(22)23-5-2/h6-10,17H,4-5H2,1-3H3,(H,18,22)(H2,16,19,20,21)/t10-/m0/s1. The molecule has 0 unspecified atom stereocenters. The zero-order valence-corrected chi connectivity index (χ0v) is 13.4. The summed E-state index contributed by atoms with van der Waals surface area (Å²) in [6, 6.07) is 5.64. The smallest absolute Gasteiger partial charge is 0.411 e. The first-order valence-corrected chi connectivity index (χ1v) is 7.35. The monoisotopic (exact) mass is 322 g/mol. The van der Waals surface area contributed by atoms with Gasteiger partial charge in [0.2, 0.25) is 5.91 Å². The minimum atomic E-state index is -0.596. The van der Waals surface area contributed by atoms with Crippen LogP contribution in [0.4, 0.5) is 21.0 Å². The van der Waals surface area contributed by atoms with E-state index in [4.69, 9.17) is 4.74 Å². The molecule has 0 bridgehead atoms. The van der Waals surface area contributed by atoms with Crippen LogP contribution in [0, 0.1) is 0 Å². The molecule has 1 rings (SSSR count). The van der Waals surface area contributed by atoms with Crippen molar-refractivity contribution in [3.63, 3.8) is 0 Å². The van der Waals surface area contributed by atoms with Crippen molar-refractivity contribution in [1.29, 1.82) is 0 Å². The Kier molecular flexibility index (Phi) is 7.38. The van der Waals surface area contributed by atoms with E-state index in [0.29, 0.717) is 24.5 Å². The number of amides is 4. The van der Waals surface area contributed by atoms with Crippen LogP contribution in [0.2, 0.25) is 0 Å². The van der Waals surface area contributed by atoms with Crippen LogP contribution in [-0.2, 0) is 9.53 Å². The molecule has 0 saturated heterocycles. The molecule has 1 atom stereocenters. The molecule has 0 radical (unpaired) electrons. The van der Waals surface area contributed by atoms with Crippen LogP contribution >= 0.6 is 0 Å². The fraction of sp³-hybridized carbons (Fsp3) is 0.400. The van der Waals surface area contributed by atoms with Crippen LogP contribution in [0.1, 0.15) is 20.8 Å². The molecule has 8 heteroatoms. The van der Waals surface area contributed by atoms with Gasteiger partial charge in [0.25, 0.3) is 0 Å². The summed E-state index contributed by atoms with van der Waals surface area (Å²) in [5.41, 5.74) is 1.26. The Labute approximate surface area is 135 Å². The van der Waals surface area contributed by atoms with E-state index in [1.807, 2.05) is 0 Å².